The van der Waals surface area contributed by atoms with E-state index >= 15 is 0 Å². The summed E-state index contributed by atoms with van der Waals surface area (Å²) in [6.45, 7) is 0. The van der Waals surface area contributed by atoms with Crippen LogP contribution in [0.4, 0.5) is 4.79 Å². The van der Waals surface area contributed by atoms with Crippen molar-refractivity contribution in [2.45, 2.75) is 0 Å². The Kier molecular flexibility index (Phi) is 2.71. The zero-order valence-electron chi connectivity index (χ0n) is 4.66. The van der Waals surface area contributed by atoms with Crippen molar-refractivity contribution in [1.82, 2.24) is 0 Å². The second-order valence-corrected chi connectivity index (χ2v) is 2.10. The van der Waals surface area contributed by atoms with Crippen molar-refractivity contribution in [3.63, 3.8) is 0 Å². The van der Waals surface area contributed by atoms with Crippen LogP contribution in [0.25, 0.3) is 0 Å². The van der Waals surface area contributed by atoms with Gasteiger partial charge >= 0.3 is 21.6 Å². The molecule has 0 atom stereocenters. The quantitative estimate of drug-likeness (QED) is 0.335. The molecule has 0 aliphatic heterocycles. The van der Waals surface area contributed by atoms with E-state index in [-0.39, 0.29) is 0 Å². The van der Waals surface area contributed by atoms with Crippen LogP contribution >= 0.6 is 0 Å². The van der Waals surface area contributed by atoms with E-state index in [1.165, 1.54) is 0 Å². The van der Waals surface area contributed by atoms with Gasteiger partial charge in [-0.05, 0) is 0 Å². The maximum atomic E-state index is 9.84. The van der Waals surface area contributed by atoms with Crippen LogP contribution in [-0.2, 0) is 19.4 Å². The molecule has 11 heavy (non-hydrogen) atoms. The van der Waals surface area contributed by atoms with E-state index in [4.69, 9.17) is 4.55 Å². The summed E-state index contributed by atoms with van der Waals surface area (Å²) in [6.07, 6.45) is -2.14. The minimum Gasteiger partial charge on any atom is -0.302 e. The molecule has 0 aromatic heterocycles. The summed E-state index contributed by atoms with van der Waals surface area (Å²) in [6, 6.07) is 0. The molecule has 0 fully saturated rings. The third-order valence-electron chi connectivity index (χ3n) is 0.322. The summed E-state index contributed by atoms with van der Waals surface area (Å²) in [4.78, 5) is 22.1. The van der Waals surface area contributed by atoms with Crippen LogP contribution in [0.15, 0.2) is 0 Å². The Hall–Kier alpha value is -1.42. The zero-order chi connectivity index (χ0) is 9.07. The summed E-state index contributed by atoms with van der Waals surface area (Å²) < 4.78 is 30.0. The van der Waals surface area contributed by atoms with E-state index in [0.717, 1.165) is 0 Å². The van der Waals surface area contributed by atoms with Crippen LogP contribution in [0.1, 0.15) is 0 Å². The van der Waals surface area contributed by atoms with Gasteiger partial charge in [-0.1, -0.05) is 0 Å². The molecule has 0 saturated carbocycles. The van der Waals surface area contributed by atoms with Crippen molar-refractivity contribution in [2.24, 2.45) is 0 Å². The van der Waals surface area contributed by atoms with Crippen molar-refractivity contribution in [3.8, 4) is 0 Å². The van der Waals surface area contributed by atoms with Gasteiger partial charge in [0.15, 0.2) is 0 Å². The van der Waals surface area contributed by atoms with Gasteiger partial charge < -0.3 is 4.18 Å². The Bertz CT molecular complexity index is 262. The second-order valence-electron chi connectivity index (χ2n) is 1.08. The Balaban J connectivity index is 4.01. The molecule has 0 aliphatic rings. The van der Waals surface area contributed by atoms with Gasteiger partial charge in [0, 0.05) is 0 Å². The first-order valence-electron chi connectivity index (χ1n) is 1.84. The van der Waals surface area contributed by atoms with E-state index in [9.17, 15) is 23.3 Å². The van der Waals surface area contributed by atoms with E-state index in [1.807, 2.05) is 0 Å². The summed E-state index contributed by atoms with van der Waals surface area (Å²) >= 11 is 0. The van der Waals surface area contributed by atoms with Crippen LogP contribution in [0.3, 0.4) is 0 Å². The largest absolute Gasteiger partial charge is 0.503 e. The molecule has 10 heteroatoms. The summed E-state index contributed by atoms with van der Waals surface area (Å²) in [7, 11) is -5.05. The lowest BCUT2D eigenvalue weighted by Gasteiger charge is -1.94. The molecule has 0 amide bonds. The minimum absolute atomic E-state index is 1.59. The molecule has 0 aromatic carbocycles. The Morgan fingerprint density at radius 3 is 2.27 bits per heavy atom. The lowest BCUT2D eigenvalue weighted by Crippen LogP contribution is -2.16. The fraction of sp³-hybridized carbons (Fsp3) is 0. The molecule has 0 rings (SSSR count). The highest BCUT2D eigenvalue weighted by Crippen LogP contribution is 1.90. The number of nitrogens with zero attached hydrogens (tertiary/aromatic N) is 1. The molecular formula is CHNO8S. The van der Waals surface area contributed by atoms with Gasteiger partial charge in [-0.15, -0.1) is 10.1 Å². The Labute approximate surface area is 59.6 Å². The van der Waals surface area contributed by atoms with E-state index in [2.05, 4.69) is 9.02 Å². The molecule has 9 nitrogen and oxygen atoms in total. The average molecular weight is 187 g/mol. The van der Waals surface area contributed by atoms with Crippen LogP contribution in [0.2, 0.25) is 0 Å². The molecule has 0 aromatic rings. The SMILES string of the molecule is O=C(O[N+](=O)[O-])OS(=O)(=O)O. The smallest absolute Gasteiger partial charge is 0.302 e. The molecule has 0 aliphatic carbocycles. The number of carbonyl (C=O) groups is 1. The molecular weight excluding hydrogens is 186 g/mol. The molecule has 64 valence electrons. The average Bonchev–Trinajstić information content (AvgIpc) is 1.53. The highest BCUT2D eigenvalue weighted by molar-refractivity contribution is 7.81. The minimum atomic E-state index is -5.05. The lowest BCUT2D eigenvalue weighted by atomic mass is 11.4. The third-order valence-corrected chi connectivity index (χ3v) is 0.669. The molecule has 0 saturated heterocycles. The highest BCUT2D eigenvalue weighted by Gasteiger charge is 2.16. The Morgan fingerprint density at radius 1 is 1.55 bits per heavy atom. The molecule has 0 radical (unpaired) electrons. The maximum absolute atomic E-state index is 9.84. The van der Waals surface area contributed by atoms with Gasteiger partial charge in [0.2, 0.25) is 0 Å². The normalized spacial score (nSPS) is 10.3. The van der Waals surface area contributed by atoms with Crippen molar-refractivity contribution in [2.75, 3.05) is 0 Å². The first-order valence-corrected chi connectivity index (χ1v) is 3.21. The molecule has 0 spiro atoms. The third kappa shape index (κ3) is 6.47. The van der Waals surface area contributed by atoms with Gasteiger partial charge in [0.05, 0.1) is 0 Å². The fourth-order valence-corrected chi connectivity index (χ4v) is 0.364. The zero-order valence-corrected chi connectivity index (χ0v) is 5.48. The van der Waals surface area contributed by atoms with Crippen molar-refractivity contribution in [3.05, 3.63) is 10.1 Å². The number of hydrogen-bond donors (Lipinski definition) is 1. The van der Waals surface area contributed by atoms with Gasteiger partial charge in [0.1, 0.15) is 0 Å². The van der Waals surface area contributed by atoms with Crippen LogP contribution in [0, 0.1) is 10.1 Å². The number of rotatable bonds is 2. The van der Waals surface area contributed by atoms with Crippen LogP contribution < -0.4 is 0 Å². The second kappa shape index (κ2) is 3.12. The molecule has 0 heterocycles. The van der Waals surface area contributed by atoms with Gasteiger partial charge in [-0.25, -0.2) is 4.79 Å². The van der Waals surface area contributed by atoms with E-state index in [0.29, 0.717) is 0 Å². The standard InChI is InChI=1S/CHNO8S/c3-1(9-2(4)5)10-11(6,7)8/h(H,6,7,8). The van der Waals surface area contributed by atoms with E-state index in [1.54, 1.807) is 0 Å². The monoisotopic (exact) mass is 187 g/mol. The molecule has 0 bridgehead atoms. The van der Waals surface area contributed by atoms with Gasteiger partial charge in [0.25, 0.3) is 0 Å². The topological polar surface area (TPSA) is 133 Å². The van der Waals surface area contributed by atoms with Crippen molar-refractivity contribution >= 4 is 16.6 Å². The summed E-state index contributed by atoms with van der Waals surface area (Å²) in [5.74, 6) is 0. The first kappa shape index (κ1) is 9.58. The van der Waals surface area contributed by atoms with Gasteiger partial charge in [-0.2, -0.15) is 13.3 Å². The lowest BCUT2D eigenvalue weighted by molar-refractivity contribution is -0.729. The molecule has 0 unspecified atom stereocenters. The first-order chi connectivity index (χ1) is 4.81. The highest BCUT2D eigenvalue weighted by atomic mass is 32.3. The van der Waals surface area contributed by atoms with Crippen LogP contribution in [0.5, 0.6) is 0 Å². The fourth-order valence-electron chi connectivity index (χ4n) is 0.162. The van der Waals surface area contributed by atoms with Crippen molar-refractivity contribution < 1.29 is 31.9 Å². The number of hydrogen-bond acceptors (Lipinski definition) is 7. The predicted octanol–water partition coefficient (Wildman–Crippen LogP) is -0.866. The maximum Gasteiger partial charge on any atom is 0.503 e. The summed E-state index contributed by atoms with van der Waals surface area (Å²) in [5.41, 5.74) is 0. The Morgan fingerprint density at radius 2 is 2.00 bits per heavy atom. The van der Waals surface area contributed by atoms with E-state index < -0.39 is 21.6 Å². The van der Waals surface area contributed by atoms with Crippen molar-refractivity contribution in [1.29, 1.82) is 0 Å². The summed E-state index contributed by atoms with van der Waals surface area (Å²) in [5, 5.41) is 7.71. The predicted molar refractivity (Wildman–Crippen MR) is 26.1 cm³/mol. The van der Waals surface area contributed by atoms with Crippen LogP contribution in [-0.4, -0.2) is 24.2 Å². The number of carbonyl (C=O) groups excluding carboxylic acids is 1. The van der Waals surface area contributed by atoms with Gasteiger partial charge in [-0.3, -0.25) is 4.55 Å². The molecule has 1 N–H and O–H groups in total.